The molecule has 0 aliphatic heterocycles. The third-order valence-corrected chi connectivity index (χ3v) is 10.0. The molecule has 0 radical (unpaired) electrons. The quantitative estimate of drug-likeness (QED) is 0.203. The summed E-state index contributed by atoms with van der Waals surface area (Å²) < 4.78 is 15.5. The number of ether oxygens (including phenoxy) is 2. The number of carbonyl (C=O) groups is 1. The average molecular weight is 609 g/mol. The van der Waals surface area contributed by atoms with Gasteiger partial charge in [-0.2, -0.15) is 0 Å². The Balaban J connectivity index is 1.30. The van der Waals surface area contributed by atoms with Crippen molar-refractivity contribution >= 4 is 17.0 Å². The van der Waals surface area contributed by atoms with Crippen LogP contribution in [0.3, 0.4) is 0 Å². The fourth-order valence-electron chi connectivity index (χ4n) is 7.59. The Labute approximate surface area is 265 Å². The van der Waals surface area contributed by atoms with Crippen LogP contribution in [0.2, 0.25) is 0 Å². The van der Waals surface area contributed by atoms with Gasteiger partial charge in [0.15, 0.2) is 5.52 Å². The number of carboxylic acids is 1. The highest BCUT2D eigenvalue weighted by Crippen LogP contribution is 2.40. The van der Waals surface area contributed by atoms with E-state index >= 15 is 0 Å². The van der Waals surface area contributed by atoms with Crippen molar-refractivity contribution in [1.82, 2.24) is 19.7 Å². The molecule has 8 nitrogen and oxygen atoms in total. The van der Waals surface area contributed by atoms with E-state index in [1.807, 2.05) is 24.3 Å². The number of aromatic carboxylic acids is 1. The van der Waals surface area contributed by atoms with Gasteiger partial charge in [0.05, 0.1) is 5.56 Å². The van der Waals surface area contributed by atoms with E-state index < -0.39 is 5.97 Å². The number of hydrogen-bond acceptors (Lipinski definition) is 6. The molecule has 0 atom stereocenters. The van der Waals surface area contributed by atoms with Crippen LogP contribution in [0.4, 0.5) is 0 Å². The van der Waals surface area contributed by atoms with Crippen molar-refractivity contribution in [3.8, 4) is 22.9 Å². The van der Waals surface area contributed by atoms with Gasteiger partial charge in [0.1, 0.15) is 23.5 Å². The van der Waals surface area contributed by atoms with E-state index in [4.69, 9.17) is 19.6 Å². The summed E-state index contributed by atoms with van der Waals surface area (Å²) in [5.41, 5.74) is 4.68. The zero-order chi connectivity index (χ0) is 30.6. The van der Waals surface area contributed by atoms with Gasteiger partial charge >= 0.3 is 5.97 Å². The summed E-state index contributed by atoms with van der Waals surface area (Å²) in [6, 6.07) is 15.4. The van der Waals surface area contributed by atoms with Crippen molar-refractivity contribution in [1.29, 1.82) is 0 Å². The molecule has 2 aromatic heterocycles. The maximum Gasteiger partial charge on any atom is 0.336 e. The van der Waals surface area contributed by atoms with Gasteiger partial charge in [0.2, 0.25) is 0 Å². The molecule has 0 amide bonds. The predicted octanol–water partition coefficient (Wildman–Crippen LogP) is 8.71. The Bertz CT molecular complexity index is 1610. The Hall–Kier alpha value is -3.94. The second-order valence-electron chi connectivity index (χ2n) is 13.2. The van der Waals surface area contributed by atoms with Gasteiger partial charge in [0, 0.05) is 12.5 Å². The molecule has 0 unspecified atom stereocenters. The lowest BCUT2D eigenvalue weighted by molar-refractivity contribution is 0.0697. The third kappa shape index (κ3) is 6.56. The van der Waals surface area contributed by atoms with Gasteiger partial charge in [-0.15, -0.1) is 10.2 Å². The lowest BCUT2D eigenvalue weighted by Gasteiger charge is -2.25. The molecule has 3 fully saturated rings. The largest absolute Gasteiger partial charge is 0.478 e. The molecule has 1 N–H and O–H groups in total. The Morgan fingerprint density at radius 2 is 1.31 bits per heavy atom. The number of hydrogen-bond donors (Lipinski definition) is 1. The lowest BCUT2D eigenvalue weighted by Crippen LogP contribution is -2.22. The number of imidazole rings is 1. The third-order valence-electron chi connectivity index (χ3n) is 10.0. The van der Waals surface area contributed by atoms with Gasteiger partial charge < -0.3 is 19.1 Å². The maximum atomic E-state index is 11.9. The number of fused-ring (bicyclic) bond motifs is 1. The molecule has 8 heteroatoms. The van der Waals surface area contributed by atoms with Crippen LogP contribution in [-0.2, 0) is 6.54 Å². The predicted molar refractivity (Wildman–Crippen MR) is 174 cm³/mol. The fourth-order valence-corrected chi connectivity index (χ4v) is 7.59. The second kappa shape index (κ2) is 13.6. The molecule has 4 aromatic rings. The molecule has 236 valence electrons. The van der Waals surface area contributed by atoms with Crippen LogP contribution in [0.25, 0.3) is 22.2 Å². The molecule has 0 bridgehead atoms. The standard InChI is InChI=1S/C37H44N4O4/c42-37(43)31-19-11-10-18-30(31)26-22-20-25(21-23-26)24-41-33-32(38-34(41)27-12-4-1-5-13-27)35(44-28-14-6-2-7-15-28)39-40-36(33)45-29-16-8-3-9-17-29/h10-11,18-23,27-29H,1-9,12-17,24H2,(H,42,43). The topological polar surface area (TPSA) is 99.4 Å². The van der Waals surface area contributed by atoms with Crippen molar-refractivity contribution < 1.29 is 19.4 Å². The summed E-state index contributed by atoms with van der Waals surface area (Å²) in [7, 11) is 0. The van der Waals surface area contributed by atoms with Crippen LogP contribution in [0.15, 0.2) is 48.5 Å². The molecule has 0 spiro atoms. The fraction of sp³-hybridized carbons (Fsp3) is 0.514. The molecule has 3 aliphatic carbocycles. The van der Waals surface area contributed by atoms with Gasteiger partial charge in [-0.25, -0.2) is 9.78 Å². The van der Waals surface area contributed by atoms with E-state index in [0.717, 1.165) is 72.1 Å². The van der Waals surface area contributed by atoms with Gasteiger partial charge in [-0.05, 0) is 87.0 Å². The summed E-state index contributed by atoms with van der Waals surface area (Å²) in [5, 5.41) is 19.0. The molecule has 2 aromatic carbocycles. The summed E-state index contributed by atoms with van der Waals surface area (Å²) in [4.78, 5) is 17.2. The molecular weight excluding hydrogens is 564 g/mol. The number of carboxylic acid groups (broad SMARTS) is 1. The number of aromatic nitrogens is 4. The Morgan fingerprint density at radius 3 is 1.96 bits per heavy atom. The van der Waals surface area contributed by atoms with E-state index in [2.05, 4.69) is 21.8 Å². The number of rotatable bonds is 9. The summed E-state index contributed by atoms with van der Waals surface area (Å²) in [5.74, 6) is 1.60. The molecule has 3 aliphatic rings. The van der Waals surface area contributed by atoms with Crippen molar-refractivity contribution in [2.45, 2.75) is 121 Å². The number of benzene rings is 2. The van der Waals surface area contributed by atoms with Crippen LogP contribution >= 0.6 is 0 Å². The van der Waals surface area contributed by atoms with Crippen LogP contribution < -0.4 is 9.47 Å². The van der Waals surface area contributed by atoms with Crippen LogP contribution in [0, 0.1) is 0 Å². The highest BCUT2D eigenvalue weighted by atomic mass is 16.5. The summed E-state index contributed by atoms with van der Waals surface area (Å²) in [6.07, 6.45) is 17.6. The Morgan fingerprint density at radius 1 is 0.733 bits per heavy atom. The first-order valence-corrected chi connectivity index (χ1v) is 17.2. The SMILES string of the molecule is O=C(O)c1ccccc1-c1ccc(Cn2c(C3CCCCC3)nc3c(OC4CCCCC4)nnc(OC4CCCCC4)c32)cc1. The van der Waals surface area contributed by atoms with Crippen LogP contribution in [-0.4, -0.2) is 43.0 Å². The molecule has 0 saturated heterocycles. The maximum absolute atomic E-state index is 11.9. The van der Waals surface area contributed by atoms with Crippen molar-refractivity contribution in [2.75, 3.05) is 0 Å². The van der Waals surface area contributed by atoms with Crippen molar-refractivity contribution in [3.63, 3.8) is 0 Å². The second-order valence-corrected chi connectivity index (χ2v) is 13.2. The smallest absolute Gasteiger partial charge is 0.336 e. The van der Waals surface area contributed by atoms with Gasteiger partial charge in [-0.3, -0.25) is 0 Å². The van der Waals surface area contributed by atoms with E-state index in [1.54, 1.807) is 12.1 Å². The van der Waals surface area contributed by atoms with Crippen LogP contribution in [0.5, 0.6) is 11.8 Å². The van der Waals surface area contributed by atoms with E-state index in [1.165, 1.54) is 57.8 Å². The minimum absolute atomic E-state index is 0.136. The first kappa shape index (κ1) is 29.8. The zero-order valence-electron chi connectivity index (χ0n) is 26.1. The van der Waals surface area contributed by atoms with Gasteiger partial charge in [0.25, 0.3) is 11.8 Å². The molecule has 7 rings (SSSR count). The lowest BCUT2D eigenvalue weighted by atomic mass is 9.88. The van der Waals surface area contributed by atoms with Crippen molar-refractivity contribution in [3.05, 3.63) is 65.5 Å². The number of nitrogens with zero attached hydrogens (tertiary/aromatic N) is 4. The minimum atomic E-state index is -0.922. The molecular formula is C37H44N4O4. The zero-order valence-corrected chi connectivity index (χ0v) is 26.1. The average Bonchev–Trinajstić information content (AvgIpc) is 3.47. The Kier molecular flexibility index (Phi) is 8.99. The highest BCUT2D eigenvalue weighted by molar-refractivity contribution is 5.96. The molecule has 2 heterocycles. The van der Waals surface area contributed by atoms with Crippen molar-refractivity contribution in [2.24, 2.45) is 0 Å². The monoisotopic (exact) mass is 608 g/mol. The normalized spacial score (nSPS) is 18.7. The summed E-state index contributed by atoms with van der Waals surface area (Å²) >= 11 is 0. The molecule has 3 saturated carbocycles. The highest BCUT2D eigenvalue weighted by Gasteiger charge is 2.30. The van der Waals surface area contributed by atoms with Gasteiger partial charge in [-0.1, -0.05) is 74.6 Å². The van der Waals surface area contributed by atoms with E-state index in [-0.39, 0.29) is 12.2 Å². The van der Waals surface area contributed by atoms with E-state index in [9.17, 15) is 9.90 Å². The van der Waals surface area contributed by atoms with E-state index in [0.29, 0.717) is 29.8 Å². The molecule has 45 heavy (non-hydrogen) atoms. The first-order chi connectivity index (χ1) is 22.1. The minimum Gasteiger partial charge on any atom is -0.478 e. The van der Waals surface area contributed by atoms with Crippen LogP contribution in [0.1, 0.15) is 124 Å². The first-order valence-electron chi connectivity index (χ1n) is 17.2. The summed E-state index contributed by atoms with van der Waals surface area (Å²) in [6.45, 7) is 0.610.